The van der Waals surface area contributed by atoms with Crippen molar-refractivity contribution in [1.82, 2.24) is 4.90 Å². The van der Waals surface area contributed by atoms with E-state index < -0.39 is 0 Å². The number of halogens is 1. The van der Waals surface area contributed by atoms with Crippen molar-refractivity contribution in [2.75, 3.05) is 19.8 Å². The highest BCUT2D eigenvalue weighted by atomic mass is 19.1. The van der Waals surface area contributed by atoms with Gasteiger partial charge in [0.25, 0.3) is 0 Å². The molecule has 0 aromatic heterocycles. The van der Waals surface area contributed by atoms with E-state index in [1.54, 1.807) is 0 Å². The Morgan fingerprint density at radius 3 is 2.67 bits per heavy atom. The van der Waals surface area contributed by atoms with Crippen LogP contribution in [0.25, 0.3) is 0 Å². The van der Waals surface area contributed by atoms with Crippen LogP contribution in [0.3, 0.4) is 0 Å². The van der Waals surface area contributed by atoms with Crippen molar-refractivity contribution in [3.63, 3.8) is 0 Å². The normalized spacial score (nSPS) is 18.9. The predicted molar refractivity (Wildman–Crippen MR) is 57.8 cm³/mol. The van der Waals surface area contributed by atoms with Gasteiger partial charge in [-0.3, -0.25) is 9.29 Å². The lowest BCUT2D eigenvalue weighted by Crippen LogP contribution is -2.40. The van der Waals surface area contributed by atoms with E-state index in [1.165, 1.54) is 12.8 Å². The van der Waals surface area contributed by atoms with Crippen LogP contribution in [0.15, 0.2) is 5.16 Å². The van der Waals surface area contributed by atoms with Gasteiger partial charge in [-0.25, -0.2) is 0 Å². The van der Waals surface area contributed by atoms with Gasteiger partial charge in [-0.2, -0.15) is 0 Å². The molecule has 0 aliphatic heterocycles. The number of nitrogens with two attached hydrogens (primary N) is 1. The summed E-state index contributed by atoms with van der Waals surface area (Å²) in [5.41, 5.74) is 5.48. The summed E-state index contributed by atoms with van der Waals surface area (Å²) in [6.07, 6.45) is 5.27. The van der Waals surface area contributed by atoms with Gasteiger partial charge in [-0.05, 0) is 19.3 Å². The molecule has 0 atom stereocenters. The van der Waals surface area contributed by atoms with Crippen molar-refractivity contribution < 1.29 is 9.60 Å². The van der Waals surface area contributed by atoms with E-state index in [9.17, 15) is 4.39 Å². The highest BCUT2D eigenvalue weighted by Gasteiger charge is 2.22. The monoisotopic (exact) mass is 217 g/mol. The molecular weight excluding hydrogens is 197 g/mol. The zero-order valence-electron chi connectivity index (χ0n) is 9.03. The minimum absolute atomic E-state index is 0.209. The van der Waals surface area contributed by atoms with E-state index >= 15 is 0 Å². The molecule has 1 aliphatic rings. The van der Waals surface area contributed by atoms with Gasteiger partial charge in [0.05, 0.1) is 13.2 Å². The van der Waals surface area contributed by atoms with E-state index in [0.717, 1.165) is 12.8 Å². The number of amidine groups is 1. The smallest absolute Gasteiger partial charge is 0.153 e. The third-order valence-electron chi connectivity index (χ3n) is 2.91. The number of hydrogen-bond acceptors (Lipinski definition) is 3. The van der Waals surface area contributed by atoms with Crippen molar-refractivity contribution in [2.24, 2.45) is 10.9 Å². The van der Waals surface area contributed by atoms with Crippen LogP contribution in [0, 0.1) is 0 Å². The Hall–Kier alpha value is -0.840. The van der Waals surface area contributed by atoms with Crippen LogP contribution in [-0.2, 0) is 0 Å². The molecule has 4 nitrogen and oxygen atoms in total. The summed E-state index contributed by atoms with van der Waals surface area (Å²) in [4.78, 5) is 2.13. The van der Waals surface area contributed by atoms with E-state index in [-0.39, 0.29) is 12.5 Å². The average molecular weight is 217 g/mol. The lowest BCUT2D eigenvalue weighted by Gasteiger charge is -2.27. The van der Waals surface area contributed by atoms with Crippen LogP contribution in [0.5, 0.6) is 0 Å². The van der Waals surface area contributed by atoms with E-state index in [4.69, 9.17) is 10.9 Å². The number of hydrogen-bond donors (Lipinski definition) is 2. The Morgan fingerprint density at radius 2 is 2.13 bits per heavy atom. The molecule has 0 aromatic rings. The molecule has 1 aliphatic carbocycles. The fraction of sp³-hybridized carbons (Fsp3) is 0.900. The summed E-state index contributed by atoms with van der Waals surface area (Å²) in [7, 11) is 0. The van der Waals surface area contributed by atoms with Crippen LogP contribution in [0.2, 0.25) is 0 Å². The van der Waals surface area contributed by atoms with Crippen LogP contribution in [0.4, 0.5) is 4.39 Å². The molecular formula is C10H20FN3O. The first-order chi connectivity index (χ1) is 7.27. The van der Waals surface area contributed by atoms with Crippen LogP contribution in [-0.4, -0.2) is 41.7 Å². The number of oxime groups is 1. The van der Waals surface area contributed by atoms with Gasteiger partial charge in [-0.1, -0.05) is 18.0 Å². The molecule has 0 heterocycles. The van der Waals surface area contributed by atoms with Gasteiger partial charge in [0, 0.05) is 12.6 Å². The standard InChI is InChI=1S/C10H20FN3O/c11-6-3-7-14(8-10(12)13-15)9-4-1-2-5-9/h9,15H,1-8H2,(H2,12,13). The number of rotatable bonds is 6. The molecule has 3 N–H and O–H groups in total. The predicted octanol–water partition coefficient (Wildman–Crippen LogP) is 1.34. The van der Waals surface area contributed by atoms with Gasteiger partial charge in [0.15, 0.2) is 5.84 Å². The first kappa shape index (κ1) is 12.2. The Balaban J connectivity index is 2.43. The van der Waals surface area contributed by atoms with Gasteiger partial charge in [0.1, 0.15) is 0 Å². The lowest BCUT2D eigenvalue weighted by molar-refractivity contribution is 0.213. The third-order valence-corrected chi connectivity index (χ3v) is 2.91. The molecule has 0 bridgehead atoms. The van der Waals surface area contributed by atoms with Gasteiger partial charge in [0.2, 0.25) is 0 Å². The number of nitrogens with zero attached hydrogens (tertiary/aromatic N) is 2. The molecule has 0 aromatic carbocycles. The molecule has 1 rings (SSSR count). The van der Waals surface area contributed by atoms with Crippen molar-refractivity contribution in [3.05, 3.63) is 0 Å². The third kappa shape index (κ3) is 4.03. The Kier molecular flexibility index (Phi) is 5.39. The van der Waals surface area contributed by atoms with Gasteiger partial charge in [-0.15, -0.1) is 0 Å². The van der Waals surface area contributed by atoms with Crippen LogP contribution in [0.1, 0.15) is 32.1 Å². The lowest BCUT2D eigenvalue weighted by atomic mass is 10.2. The largest absolute Gasteiger partial charge is 0.409 e. The topological polar surface area (TPSA) is 61.8 Å². The van der Waals surface area contributed by atoms with E-state index in [0.29, 0.717) is 25.6 Å². The molecule has 0 spiro atoms. The van der Waals surface area contributed by atoms with E-state index in [1.807, 2.05) is 0 Å². The molecule has 88 valence electrons. The zero-order chi connectivity index (χ0) is 11.1. The Morgan fingerprint density at radius 1 is 1.47 bits per heavy atom. The molecule has 0 radical (unpaired) electrons. The number of alkyl halides is 1. The maximum Gasteiger partial charge on any atom is 0.153 e. The summed E-state index contributed by atoms with van der Waals surface area (Å²) >= 11 is 0. The quantitative estimate of drug-likeness (QED) is 0.305. The van der Waals surface area contributed by atoms with Crippen molar-refractivity contribution in [2.45, 2.75) is 38.1 Å². The van der Waals surface area contributed by atoms with Crippen LogP contribution < -0.4 is 5.73 Å². The Labute approximate surface area is 89.9 Å². The summed E-state index contributed by atoms with van der Waals surface area (Å²) in [6, 6.07) is 0.483. The molecule has 15 heavy (non-hydrogen) atoms. The fourth-order valence-electron chi connectivity index (χ4n) is 2.16. The van der Waals surface area contributed by atoms with Crippen molar-refractivity contribution >= 4 is 5.84 Å². The molecule has 0 saturated heterocycles. The maximum absolute atomic E-state index is 12.1. The Bertz CT molecular complexity index is 205. The van der Waals surface area contributed by atoms with Gasteiger partial charge >= 0.3 is 0 Å². The summed E-state index contributed by atoms with van der Waals surface area (Å²) in [5.74, 6) is 0.209. The van der Waals surface area contributed by atoms with Crippen molar-refractivity contribution in [1.29, 1.82) is 0 Å². The molecule has 1 saturated carbocycles. The summed E-state index contributed by atoms with van der Waals surface area (Å²) < 4.78 is 12.1. The highest BCUT2D eigenvalue weighted by Crippen LogP contribution is 2.23. The summed E-state index contributed by atoms with van der Waals surface area (Å²) in [5, 5.41) is 11.5. The molecule has 5 heteroatoms. The second-order valence-electron chi connectivity index (χ2n) is 4.04. The fourth-order valence-corrected chi connectivity index (χ4v) is 2.16. The molecule has 1 fully saturated rings. The minimum Gasteiger partial charge on any atom is -0.409 e. The molecule has 0 unspecified atom stereocenters. The van der Waals surface area contributed by atoms with Gasteiger partial charge < -0.3 is 10.9 Å². The second kappa shape index (κ2) is 6.61. The highest BCUT2D eigenvalue weighted by molar-refractivity contribution is 5.81. The average Bonchev–Trinajstić information content (AvgIpc) is 2.77. The maximum atomic E-state index is 12.1. The molecule has 0 amide bonds. The minimum atomic E-state index is -0.306. The van der Waals surface area contributed by atoms with E-state index in [2.05, 4.69) is 10.1 Å². The van der Waals surface area contributed by atoms with Crippen molar-refractivity contribution in [3.8, 4) is 0 Å². The first-order valence-electron chi connectivity index (χ1n) is 5.54. The second-order valence-corrected chi connectivity index (χ2v) is 4.04. The SMILES string of the molecule is NC(CN(CCCF)C1CCCC1)=NO. The first-order valence-corrected chi connectivity index (χ1v) is 5.54. The van der Waals surface area contributed by atoms with Crippen LogP contribution >= 0.6 is 0 Å². The summed E-state index contributed by atoms with van der Waals surface area (Å²) in [6.45, 7) is 0.831. The zero-order valence-corrected chi connectivity index (χ0v) is 9.03.